The van der Waals surface area contributed by atoms with Crippen LogP contribution in [-0.2, 0) is 30.7 Å². The van der Waals surface area contributed by atoms with Gasteiger partial charge < -0.3 is 14.7 Å². The number of fused-ring (bicyclic) bond motifs is 1. The molecule has 1 aromatic rings. The van der Waals surface area contributed by atoms with Gasteiger partial charge in [-0.2, -0.15) is 4.99 Å². The zero-order chi connectivity index (χ0) is 18.7. The third-order valence-corrected chi connectivity index (χ3v) is 7.29. The molecule has 10 heteroatoms. The number of rotatable bonds is 6. The Hall–Kier alpha value is -1.91. The van der Waals surface area contributed by atoms with Crippen LogP contribution in [0.25, 0.3) is 0 Å². The molecule has 0 unspecified atom stereocenters. The van der Waals surface area contributed by atoms with Gasteiger partial charge in [-0.1, -0.05) is 42.1 Å². The van der Waals surface area contributed by atoms with Gasteiger partial charge in [-0.25, -0.2) is 13.2 Å². The predicted molar refractivity (Wildman–Crippen MR) is 96.7 cm³/mol. The second-order valence-corrected chi connectivity index (χ2v) is 9.45. The second kappa shape index (κ2) is 7.77. The first-order valence-electron chi connectivity index (χ1n) is 7.93. The van der Waals surface area contributed by atoms with E-state index in [0.29, 0.717) is 11.7 Å². The number of carboxylic acid groups (broad SMARTS) is 1. The average molecular weight is 398 g/mol. The minimum absolute atomic E-state index is 0.0419. The third-order valence-electron chi connectivity index (χ3n) is 4.04. The van der Waals surface area contributed by atoms with Crippen molar-refractivity contribution in [2.45, 2.75) is 17.8 Å². The number of hydrogen-bond donors (Lipinski definition) is 1. The summed E-state index contributed by atoms with van der Waals surface area (Å²) in [6.07, 6.45) is 0. The van der Waals surface area contributed by atoms with Crippen molar-refractivity contribution in [2.24, 2.45) is 4.99 Å². The molecule has 26 heavy (non-hydrogen) atoms. The maximum atomic E-state index is 12.0. The van der Waals surface area contributed by atoms with Gasteiger partial charge >= 0.3 is 5.97 Å². The molecule has 0 spiro atoms. The summed E-state index contributed by atoms with van der Waals surface area (Å²) in [5.74, 6) is -1.64. The molecule has 2 aliphatic rings. The Morgan fingerprint density at radius 1 is 1.23 bits per heavy atom. The summed E-state index contributed by atoms with van der Waals surface area (Å²) in [5, 5.41) is 8.84. The Bertz CT molecular complexity index is 824. The number of amides is 1. The van der Waals surface area contributed by atoms with E-state index >= 15 is 0 Å². The van der Waals surface area contributed by atoms with Gasteiger partial charge in [0.25, 0.3) is 5.91 Å². The lowest BCUT2D eigenvalue weighted by Gasteiger charge is -2.24. The van der Waals surface area contributed by atoms with Gasteiger partial charge in [0.1, 0.15) is 13.2 Å². The fourth-order valence-corrected chi connectivity index (χ4v) is 6.93. The van der Waals surface area contributed by atoms with Crippen molar-refractivity contribution in [2.75, 3.05) is 24.7 Å². The normalized spacial score (nSPS) is 25.4. The third kappa shape index (κ3) is 4.63. The molecule has 1 N–H and O–H groups in total. The Morgan fingerprint density at radius 2 is 1.96 bits per heavy atom. The van der Waals surface area contributed by atoms with E-state index in [0.717, 1.165) is 5.56 Å². The maximum absolute atomic E-state index is 12.0. The van der Waals surface area contributed by atoms with Crippen molar-refractivity contribution in [1.82, 2.24) is 4.90 Å². The highest BCUT2D eigenvalue weighted by Gasteiger charge is 2.48. The van der Waals surface area contributed by atoms with E-state index in [1.807, 2.05) is 35.2 Å². The second-order valence-electron chi connectivity index (χ2n) is 6.09. The van der Waals surface area contributed by atoms with E-state index in [2.05, 4.69) is 4.99 Å². The molecule has 0 saturated carbocycles. The molecule has 3 rings (SSSR count). The highest BCUT2D eigenvalue weighted by atomic mass is 32.2. The summed E-state index contributed by atoms with van der Waals surface area (Å²) >= 11 is 1.28. The van der Waals surface area contributed by atoms with Gasteiger partial charge in [-0.05, 0) is 5.56 Å². The number of carbonyl (C=O) groups is 2. The van der Waals surface area contributed by atoms with Crippen LogP contribution in [0.3, 0.4) is 0 Å². The monoisotopic (exact) mass is 398 g/mol. The van der Waals surface area contributed by atoms with Crippen LogP contribution < -0.4 is 0 Å². The zero-order valence-electron chi connectivity index (χ0n) is 13.8. The van der Waals surface area contributed by atoms with Crippen LogP contribution >= 0.6 is 11.8 Å². The smallest absolute Gasteiger partial charge is 0.329 e. The highest BCUT2D eigenvalue weighted by molar-refractivity contribution is 8.15. The molecule has 140 valence electrons. The molecular weight excluding hydrogens is 380 g/mol. The molecule has 0 aliphatic carbocycles. The molecule has 2 saturated heterocycles. The van der Waals surface area contributed by atoms with Gasteiger partial charge in [-0.3, -0.25) is 4.79 Å². The number of aliphatic imine (C=N–C) groups is 1. The van der Waals surface area contributed by atoms with Crippen LogP contribution in [0.4, 0.5) is 0 Å². The van der Waals surface area contributed by atoms with Crippen molar-refractivity contribution in [3.63, 3.8) is 0 Å². The largest absolute Gasteiger partial charge is 0.480 e. The molecule has 0 bridgehead atoms. The lowest BCUT2D eigenvalue weighted by atomic mass is 10.1. The number of nitrogens with zero attached hydrogens (tertiary/aromatic N) is 2. The quantitative estimate of drug-likeness (QED) is 0.732. The summed E-state index contributed by atoms with van der Waals surface area (Å²) < 4.78 is 28.7. The first kappa shape index (κ1) is 18.9. The Labute approximate surface area is 155 Å². The van der Waals surface area contributed by atoms with Crippen molar-refractivity contribution in [3.05, 3.63) is 35.9 Å². The maximum Gasteiger partial charge on any atom is 0.329 e. The number of carboxylic acids is 1. The fourth-order valence-electron chi connectivity index (χ4n) is 2.97. The van der Waals surface area contributed by atoms with Crippen LogP contribution in [0, 0.1) is 0 Å². The number of carbonyl (C=O) groups excluding carboxylic acids is 1. The molecule has 8 nitrogen and oxygen atoms in total. The Balaban J connectivity index is 1.76. The van der Waals surface area contributed by atoms with Gasteiger partial charge in [0.05, 0.1) is 17.5 Å². The van der Waals surface area contributed by atoms with Crippen LogP contribution in [0.2, 0.25) is 0 Å². The van der Waals surface area contributed by atoms with E-state index in [9.17, 15) is 18.0 Å². The summed E-state index contributed by atoms with van der Waals surface area (Å²) in [4.78, 5) is 28.3. The zero-order valence-corrected chi connectivity index (χ0v) is 15.4. The molecule has 1 aromatic carbocycles. The van der Waals surface area contributed by atoms with Crippen LogP contribution in [0.15, 0.2) is 35.3 Å². The number of sulfone groups is 1. The topological polar surface area (TPSA) is 113 Å². The minimum Gasteiger partial charge on any atom is -0.480 e. The Morgan fingerprint density at radius 3 is 2.65 bits per heavy atom. The number of aliphatic carboxylic acids is 1. The van der Waals surface area contributed by atoms with Gasteiger partial charge in [-0.15, -0.1) is 0 Å². The number of ether oxygens (including phenoxy) is 1. The van der Waals surface area contributed by atoms with E-state index in [1.54, 1.807) is 0 Å². The molecule has 2 fully saturated rings. The molecule has 2 heterocycles. The molecule has 0 radical (unpaired) electrons. The molecule has 2 atom stereocenters. The molecule has 0 aromatic heterocycles. The number of amidine groups is 1. The fraction of sp³-hybridized carbons (Fsp3) is 0.438. The van der Waals surface area contributed by atoms with Crippen LogP contribution in [0.5, 0.6) is 0 Å². The lowest BCUT2D eigenvalue weighted by Crippen LogP contribution is -2.37. The van der Waals surface area contributed by atoms with E-state index in [-0.39, 0.29) is 22.8 Å². The van der Waals surface area contributed by atoms with E-state index < -0.39 is 34.9 Å². The molecule has 2 aliphatic heterocycles. The van der Waals surface area contributed by atoms with Crippen LogP contribution in [0.1, 0.15) is 5.56 Å². The summed E-state index contributed by atoms with van der Waals surface area (Å²) in [7, 11) is -3.10. The molecule has 1 amide bonds. The average Bonchev–Trinajstić information content (AvgIpc) is 3.01. The SMILES string of the molecule is O=C(O)COCC(=O)N=C1S[C@@H]2CS(=O)(=O)C[C@H]2N1Cc1ccccc1. The van der Waals surface area contributed by atoms with Crippen LogP contribution in [-0.4, -0.2) is 71.5 Å². The standard InChI is InChI=1S/C16H18N2O6S2/c19-14(7-24-8-15(20)21)17-16-18(6-11-4-2-1-3-5-11)12-9-26(22,23)10-13(12)25-16/h1-5,12-13H,6-10H2,(H,20,21)/t12-,13-/m1/s1. The van der Waals surface area contributed by atoms with Crippen molar-refractivity contribution in [1.29, 1.82) is 0 Å². The number of hydrogen-bond acceptors (Lipinski definition) is 6. The minimum atomic E-state index is -3.10. The van der Waals surface area contributed by atoms with E-state index in [1.165, 1.54) is 11.8 Å². The van der Waals surface area contributed by atoms with Gasteiger partial charge in [0.2, 0.25) is 0 Å². The first-order valence-corrected chi connectivity index (χ1v) is 10.6. The summed E-state index contributed by atoms with van der Waals surface area (Å²) in [6, 6.07) is 9.31. The molecular formula is C16H18N2O6S2. The lowest BCUT2D eigenvalue weighted by molar-refractivity contribution is -0.143. The van der Waals surface area contributed by atoms with Crippen molar-refractivity contribution >= 4 is 38.6 Å². The first-order chi connectivity index (χ1) is 12.3. The predicted octanol–water partition coefficient (Wildman–Crippen LogP) is 0.385. The van der Waals surface area contributed by atoms with Gasteiger partial charge in [0, 0.05) is 11.8 Å². The number of thioether (sulfide) groups is 1. The summed E-state index contributed by atoms with van der Waals surface area (Å²) in [6.45, 7) is -0.545. The van der Waals surface area contributed by atoms with E-state index in [4.69, 9.17) is 9.84 Å². The summed E-state index contributed by atoms with van der Waals surface area (Å²) in [5.41, 5.74) is 0.986. The number of benzene rings is 1. The highest BCUT2D eigenvalue weighted by Crippen LogP contribution is 2.38. The van der Waals surface area contributed by atoms with Crippen molar-refractivity contribution < 1.29 is 27.9 Å². The van der Waals surface area contributed by atoms with Gasteiger partial charge in [0.15, 0.2) is 15.0 Å². The van der Waals surface area contributed by atoms with Crippen molar-refractivity contribution in [3.8, 4) is 0 Å². The Kier molecular flexibility index (Phi) is 5.64.